The normalized spacial score (nSPS) is 10.3. The van der Waals surface area contributed by atoms with Gasteiger partial charge in [0, 0.05) is 17.1 Å². The number of hydrogen-bond acceptors (Lipinski definition) is 3. The molecule has 0 unspecified atom stereocenters. The summed E-state index contributed by atoms with van der Waals surface area (Å²) in [5, 5.41) is 1.28. The monoisotopic (exact) mass is 221 g/mol. The minimum Gasteiger partial charge on any atom is -0.494 e. The van der Waals surface area contributed by atoms with Crippen LogP contribution in [0.25, 0.3) is 10.9 Å². The van der Waals surface area contributed by atoms with Crippen molar-refractivity contribution >= 4 is 28.8 Å². The lowest BCUT2D eigenvalue weighted by Crippen LogP contribution is -1.90. The maximum absolute atomic E-state index is 10.6. The molecule has 2 rings (SSSR count). The van der Waals surface area contributed by atoms with Gasteiger partial charge in [-0.05, 0) is 18.2 Å². The molecule has 0 spiro atoms. The molecule has 0 bridgehead atoms. The number of carbonyl (C=O) groups excluding carboxylic acids is 1. The number of aromatic nitrogens is 1. The van der Waals surface area contributed by atoms with Crippen LogP contribution in [-0.2, 0) is 0 Å². The SMILES string of the molecule is COc1ccc(Cl)c2cc(C=O)cnc12. The zero-order valence-electron chi connectivity index (χ0n) is 8.03. The Balaban J connectivity index is 2.81. The van der Waals surface area contributed by atoms with Crippen LogP contribution in [0.5, 0.6) is 5.75 Å². The summed E-state index contributed by atoms with van der Waals surface area (Å²) in [5.41, 5.74) is 1.16. The first-order valence-corrected chi connectivity index (χ1v) is 4.71. The van der Waals surface area contributed by atoms with Crippen molar-refractivity contribution in [3.8, 4) is 5.75 Å². The number of halogens is 1. The number of methoxy groups -OCH3 is 1. The summed E-state index contributed by atoms with van der Waals surface area (Å²) in [6.45, 7) is 0. The molecule has 0 aliphatic rings. The minimum absolute atomic E-state index is 0.498. The molecule has 0 atom stereocenters. The van der Waals surface area contributed by atoms with Gasteiger partial charge >= 0.3 is 0 Å². The predicted molar refractivity (Wildman–Crippen MR) is 58.7 cm³/mol. The molecular formula is C11H8ClNO2. The van der Waals surface area contributed by atoms with E-state index < -0.39 is 0 Å². The van der Waals surface area contributed by atoms with E-state index in [0.29, 0.717) is 21.9 Å². The molecule has 0 amide bonds. The number of benzene rings is 1. The second-order valence-electron chi connectivity index (χ2n) is 3.03. The molecule has 2 aromatic rings. The van der Waals surface area contributed by atoms with Gasteiger partial charge in [-0.25, -0.2) is 0 Å². The summed E-state index contributed by atoms with van der Waals surface area (Å²) < 4.78 is 5.15. The van der Waals surface area contributed by atoms with Crippen LogP contribution in [-0.4, -0.2) is 18.4 Å². The standard InChI is InChI=1S/C11H8ClNO2/c1-15-10-3-2-9(12)8-4-7(6-14)5-13-11(8)10/h2-6H,1H3. The number of rotatable bonds is 2. The van der Waals surface area contributed by atoms with Crippen molar-refractivity contribution in [3.63, 3.8) is 0 Å². The van der Waals surface area contributed by atoms with Crippen LogP contribution >= 0.6 is 11.6 Å². The summed E-state index contributed by atoms with van der Waals surface area (Å²) >= 11 is 6.00. The summed E-state index contributed by atoms with van der Waals surface area (Å²) in [7, 11) is 1.57. The quantitative estimate of drug-likeness (QED) is 0.732. The molecule has 0 N–H and O–H groups in total. The van der Waals surface area contributed by atoms with Crippen LogP contribution in [0, 0.1) is 0 Å². The van der Waals surface area contributed by atoms with E-state index in [1.54, 1.807) is 25.3 Å². The maximum atomic E-state index is 10.6. The van der Waals surface area contributed by atoms with Crippen LogP contribution < -0.4 is 4.74 Å². The first kappa shape index (κ1) is 9.93. The van der Waals surface area contributed by atoms with Gasteiger partial charge in [-0.15, -0.1) is 0 Å². The Morgan fingerprint density at radius 2 is 2.27 bits per heavy atom. The number of ether oxygens (including phenoxy) is 1. The second kappa shape index (κ2) is 3.87. The van der Waals surface area contributed by atoms with Gasteiger partial charge in [0.25, 0.3) is 0 Å². The van der Waals surface area contributed by atoms with Crippen LogP contribution in [0.1, 0.15) is 10.4 Å². The Labute approximate surface area is 91.6 Å². The first-order chi connectivity index (χ1) is 7.26. The van der Waals surface area contributed by atoms with Gasteiger partial charge in [0.1, 0.15) is 11.3 Å². The van der Waals surface area contributed by atoms with E-state index in [1.807, 2.05) is 0 Å². The van der Waals surface area contributed by atoms with Crippen molar-refractivity contribution in [2.75, 3.05) is 7.11 Å². The van der Waals surface area contributed by atoms with Gasteiger partial charge in [0.05, 0.1) is 12.1 Å². The molecule has 3 nitrogen and oxygen atoms in total. The highest BCUT2D eigenvalue weighted by molar-refractivity contribution is 6.35. The molecule has 0 saturated heterocycles. The molecule has 0 saturated carbocycles. The molecule has 1 aromatic heterocycles. The molecule has 15 heavy (non-hydrogen) atoms. The summed E-state index contributed by atoms with van der Waals surface area (Å²) in [5.74, 6) is 0.645. The fraction of sp³-hybridized carbons (Fsp3) is 0.0909. The van der Waals surface area contributed by atoms with Crippen molar-refractivity contribution in [1.82, 2.24) is 4.98 Å². The minimum atomic E-state index is 0.498. The highest BCUT2D eigenvalue weighted by atomic mass is 35.5. The number of fused-ring (bicyclic) bond motifs is 1. The molecule has 0 radical (unpaired) electrons. The third kappa shape index (κ3) is 1.66. The zero-order valence-corrected chi connectivity index (χ0v) is 8.78. The lowest BCUT2D eigenvalue weighted by molar-refractivity contribution is 0.112. The number of pyridine rings is 1. The van der Waals surface area contributed by atoms with Crippen molar-refractivity contribution < 1.29 is 9.53 Å². The topological polar surface area (TPSA) is 39.2 Å². The maximum Gasteiger partial charge on any atom is 0.151 e. The van der Waals surface area contributed by atoms with E-state index in [0.717, 1.165) is 11.7 Å². The molecule has 1 aromatic carbocycles. The lowest BCUT2D eigenvalue weighted by atomic mass is 10.1. The number of nitrogens with zero attached hydrogens (tertiary/aromatic N) is 1. The molecule has 0 aliphatic carbocycles. The largest absolute Gasteiger partial charge is 0.494 e. The molecule has 4 heteroatoms. The van der Waals surface area contributed by atoms with Crippen LogP contribution in [0.4, 0.5) is 0 Å². The smallest absolute Gasteiger partial charge is 0.151 e. The predicted octanol–water partition coefficient (Wildman–Crippen LogP) is 2.71. The molecule has 1 heterocycles. The Kier molecular flexibility index (Phi) is 2.56. The first-order valence-electron chi connectivity index (χ1n) is 4.33. The van der Waals surface area contributed by atoms with E-state index in [2.05, 4.69) is 4.98 Å². The number of aldehydes is 1. The average molecular weight is 222 g/mol. The van der Waals surface area contributed by atoms with Gasteiger partial charge in [0.15, 0.2) is 6.29 Å². The number of hydrogen-bond donors (Lipinski definition) is 0. The second-order valence-corrected chi connectivity index (χ2v) is 3.44. The summed E-state index contributed by atoms with van der Waals surface area (Å²) in [4.78, 5) is 14.7. The van der Waals surface area contributed by atoms with E-state index in [-0.39, 0.29) is 0 Å². The van der Waals surface area contributed by atoms with Crippen molar-refractivity contribution in [3.05, 3.63) is 35.0 Å². The fourth-order valence-electron chi connectivity index (χ4n) is 1.41. The Bertz CT molecular complexity index is 525. The Morgan fingerprint density at radius 1 is 1.47 bits per heavy atom. The third-order valence-corrected chi connectivity index (χ3v) is 2.47. The molecular weight excluding hydrogens is 214 g/mol. The van der Waals surface area contributed by atoms with Crippen molar-refractivity contribution in [2.24, 2.45) is 0 Å². The fourth-order valence-corrected chi connectivity index (χ4v) is 1.61. The molecule has 0 aliphatic heterocycles. The van der Waals surface area contributed by atoms with Gasteiger partial charge in [0.2, 0.25) is 0 Å². The van der Waals surface area contributed by atoms with Gasteiger partial charge in [-0.2, -0.15) is 0 Å². The lowest BCUT2D eigenvalue weighted by Gasteiger charge is -2.05. The Hall–Kier alpha value is -1.61. The highest BCUT2D eigenvalue weighted by Crippen LogP contribution is 2.29. The van der Waals surface area contributed by atoms with Gasteiger partial charge in [-0.3, -0.25) is 9.78 Å². The molecule has 76 valence electrons. The van der Waals surface area contributed by atoms with Crippen LogP contribution in [0.3, 0.4) is 0 Å². The third-order valence-electron chi connectivity index (χ3n) is 2.14. The summed E-state index contributed by atoms with van der Waals surface area (Å²) in [6, 6.07) is 5.16. The van der Waals surface area contributed by atoms with Crippen LogP contribution in [0.15, 0.2) is 24.4 Å². The van der Waals surface area contributed by atoms with Gasteiger partial charge in [-0.1, -0.05) is 11.6 Å². The van der Waals surface area contributed by atoms with E-state index in [4.69, 9.17) is 16.3 Å². The van der Waals surface area contributed by atoms with Gasteiger partial charge < -0.3 is 4.74 Å². The number of carbonyl (C=O) groups is 1. The molecule has 0 fully saturated rings. The summed E-state index contributed by atoms with van der Waals surface area (Å²) in [6.07, 6.45) is 2.23. The zero-order chi connectivity index (χ0) is 10.8. The van der Waals surface area contributed by atoms with Crippen molar-refractivity contribution in [2.45, 2.75) is 0 Å². The Morgan fingerprint density at radius 3 is 2.93 bits per heavy atom. The highest BCUT2D eigenvalue weighted by Gasteiger charge is 2.07. The average Bonchev–Trinajstić information content (AvgIpc) is 2.29. The van der Waals surface area contributed by atoms with Crippen molar-refractivity contribution in [1.29, 1.82) is 0 Å². The van der Waals surface area contributed by atoms with Crippen LogP contribution in [0.2, 0.25) is 5.02 Å². The van der Waals surface area contributed by atoms with E-state index >= 15 is 0 Å². The van der Waals surface area contributed by atoms with E-state index in [9.17, 15) is 4.79 Å². The van der Waals surface area contributed by atoms with E-state index in [1.165, 1.54) is 6.20 Å².